The second-order valence-corrected chi connectivity index (χ2v) is 8.12. The van der Waals surface area contributed by atoms with Gasteiger partial charge in [0.05, 0.1) is 11.4 Å². The molecule has 6 heteroatoms. The summed E-state index contributed by atoms with van der Waals surface area (Å²) in [4.78, 5) is 20.4. The van der Waals surface area contributed by atoms with Crippen molar-refractivity contribution < 1.29 is 4.79 Å². The number of hydrogen-bond donors (Lipinski definition) is 2. The quantitative estimate of drug-likeness (QED) is 0.348. The highest BCUT2D eigenvalue weighted by Crippen LogP contribution is 2.32. The number of carbonyl (C=O) groups excluding carboxylic acids is 1. The van der Waals surface area contributed by atoms with Crippen molar-refractivity contribution in [2.24, 2.45) is 0 Å². The number of amides is 1. The highest BCUT2D eigenvalue weighted by molar-refractivity contribution is 6.31. The van der Waals surface area contributed by atoms with Gasteiger partial charge in [0, 0.05) is 39.3 Å². The van der Waals surface area contributed by atoms with Gasteiger partial charge in [-0.3, -0.25) is 9.78 Å². The van der Waals surface area contributed by atoms with E-state index in [1.165, 1.54) is 0 Å². The van der Waals surface area contributed by atoms with Gasteiger partial charge >= 0.3 is 0 Å². The number of fused-ring (bicyclic) bond motifs is 1. The summed E-state index contributed by atoms with van der Waals surface area (Å²) in [7, 11) is 0. The number of pyridine rings is 1. The molecular weight excluding hydrogens is 417 g/mol. The van der Waals surface area contributed by atoms with E-state index in [9.17, 15) is 4.79 Å². The summed E-state index contributed by atoms with van der Waals surface area (Å²) in [6.07, 6.45) is 3.61. The molecule has 0 aliphatic carbocycles. The maximum absolute atomic E-state index is 12.5. The second-order valence-electron chi connectivity index (χ2n) is 7.24. The molecule has 0 saturated carbocycles. The van der Waals surface area contributed by atoms with E-state index in [1.807, 2.05) is 55.5 Å². The first-order valence-corrected chi connectivity index (χ1v) is 10.5. The average molecular weight is 438 g/mol. The first-order chi connectivity index (χ1) is 14.5. The lowest BCUT2D eigenvalue weighted by Crippen LogP contribution is -2.12. The molecule has 4 rings (SSSR count). The summed E-state index contributed by atoms with van der Waals surface area (Å²) in [6.45, 7) is 1.95. The molecule has 4 nitrogen and oxygen atoms in total. The van der Waals surface area contributed by atoms with E-state index in [0.29, 0.717) is 22.9 Å². The van der Waals surface area contributed by atoms with Crippen LogP contribution in [0.15, 0.2) is 60.8 Å². The number of aryl methyl sites for hydroxylation is 2. The molecule has 2 aromatic carbocycles. The molecule has 2 heterocycles. The molecule has 152 valence electrons. The summed E-state index contributed by atoms with van der Waals surface area (Å²) < 4.78 is 0. The van der Waals surface area contributed by atoms with Gasteiger partial charge in [0.25, 0.3) is 0 Å². The van der Waals surface area contributed by atoms with Crippen LogP contribution in [0.1, 0.15) is 24.0 Å². The summed E-state index contributed by atoms with van der Waals surface area (Å²) in [5.74, 6) is -0.0300. The van der Waals surface area contributed by atoms with Crippen molar-refractivity contribution in [3.8, 4) is 11.4 Å². The number of halogens is 2. The van der Waals surface area contributed by atoms with Crippen molar-refractivity contribution in [2.75, 3.05) is 5.32 Å². The van der Waals surface area contributed by atoms with Crippen LogP contribution in [0.2, 0.25) is 10.0 Å². The van der Waals surface area contributed by atoms with Crippen LogP contribution in [-0.4, -0.2) is 15.9 Å². The van der Waals surface area contributed by atoms with Crippen molar-refractivity contribution >= 4 is 45.7 Å². The Morgan fingerprint density at radius 1 is 1.07 bits per heavy atom. The first kappa shape index (κ1) is 20.5. The monoisotopic (exact) mass is 437 g/mol. The van der Waals surface area contributed by atoms with E-state index in [2.05, 4.69) is 15.3 Å². The minimum absolute atomic E-state index is 0.0300. The predicted octanol–water partition coefficient (Wildman–Crippen LogP) is 6.81. The minimum Gasteiger partial charge on any atom is -0.353 e. The Labute approximate surface area is 185 Å². The molecule has 0 radical (unpaired) electrons. The van der Waals surface area contributed by atoms with Gasteiger partial charge in [-0.05, 0) is 73.4 Å². The number of nitrogens with zero attached hydrogens (tertiary/aromatic N) is 1. The normalized spacial score (nSPS) is 11.0. The Balaban J connectivity index is 1.52. The summed E-state index contributed by atoms with van der Waals surface area (Å²) in [6, 6.07) is 17.1. The van der Waals surface area contributed by atoms with Crippen LogP contribution in [0.5, 0.6) is 0 Å². The van der Waals surface area contributed by atoms with Crippen molar-refractivity contribution in [3.05, 3.63) is 82.0 Å². The van der Waals surface area contributed by atoms with Crippen LogP contribution in [0.4, 0.5) is 5.69 Å². The zero-order valence-corrected chi connectivity index (χ0v) is 18.0. The molecule has 0 bridgehead atoms. The molecule has 0 saturated heterocycles. The van der Waals surface area contributed by atoms with Gasteiger partial charge in [-0.1, -0.05) is 35.3 Å². The Morgan fingerprint density at radius 2 is 1.87 bits per heavy atom. The third-order valence-corrected chi connectivity index (χ3v) is 5.56. The van der Waals surface area contributed by atoms with Gasteiger partial charge < -0.3 is 10.3 Å². The Hall–Kier alpha value is -2.82. The SMILES string of the molecule is Cc1ccc(Cl)cc1NC(=O)CCCc1c(-c2ccccn2)[nH]c2ccc(Cl)cc12. The number of H-pyrrole nitrogens is 1. The maximum Gasteiger partial charge on any atom is 0.224 e. The standard InChI is InChI=1S/C24H21Cl2N3O/c1-15-8-9-17(26)14-22(15)28-23(30)7-4-5-18-19-13-16(25)10-11-20(19)29-24(18)21-6-2-3-12-27-21/h2-3,6,8-14,29H,4-5,7H2,1H3,(H,28,30). The number of aromatic nitrogens is 2. The second kappa shape index (κ2) is 8.90. The zero-order chi connectivity index (χ0) is 21.1. The molecule has 1 amide bonds. The number of nitrogens with one attached hydrogen (secondary N) is 2. The zero-order valence-electron chi connectivity index (χ0n) is 16.5. The van der Waals surface area contributed by atoms with Crippen LogP contribution < -0.4 is 5.32 Å². The van der Waals surface area contributed by atoms with Crippen LogP contribution in [0.25, 0.3) is 22.3 Å². The Kier molecular flexibility index (Phi) is 6.07. The summed E-state index contributed by atoms with van der Waals surface area (Å²) in [5.41, 5.74) is 5.71. The third kappa shape index (κ3) is 4.50. The number of hydrogen-bond acceptors (Lipinski definition) is 2. The van der Waals surface area contributed by atoms with Crippen molar-refractivity contribution in [1.82, 2.24) is 9.97 Å². The van der Waals surface area contributed by atoms with Crippen molar-refractivity contribution in [3.63, 3.8) is 0 Å². The molecule has 2 N–H and O–H groups in total. The molecule has 0 aliphatic rings. The lowest BCUT2D eigenvalue weighted by Gasteiger charge is -2.09. The lowest BCUT2D eigenvalue weighted by atomic mass is 10.0. The predicted molar refractivity (Wildman–Crippen MR) is 124 cm³/mol. The molecule has 0 aliphatic heterocycles. The number of anilines is 1. The van der Waals surface area contributed by atoms with E-state index >= 15 is 0 Å². The van der Waals surface area contributed by atoms with Crippen LogP contribution in [0, 0.1) is 6.92 Å². The number of benzene rings is 2. The van der Waals surface area contributed by atoms with Gasteiger partial charge in [-0.15, -0.1) is 0 Å². The molecule has 30 heavy (non-hydrogen) atoms. The van der Waals surface area contributed by atoms with E-state index in [1.54, 1.807) is 12.3 Å². The van der Waals surface area contributed by atoms with Crippen molar-refractivity contribution in [2.45, 2.75) is 26.2 Å². The minimum atomic E-state index is -0.0300. The van der Waals surface area contributed by atoms with E-state index in [0.717, 1.165) is 45.5 Å². The molecule has 0 atom stereocenters. The highest BCUT2D eigenvalue weighted by Gasteiger charge is 2.15. The van der Waals surface area contributed by atoms with Gasteiger partial charge in [0.2, 0.25) is 5.91 Å². The van der Waals surface area contributed by atoms with Gasteiger partial charge in [0.1, 0.15) is 0 Å². The third-order valence-electron chi connectivity index (χ3n) is 5.09. The average Bonchev–Trinajstić information content (AvgIpc) is 3.09. The molecular formula is C24H21Cl2N3O. The molecule has 0 unspecified atom stereocenters. The van der Waals surface area contributed by atoms with Gasteiger partial charge in [-0.2, -0.15) is 0 Å². The summed E-state index contributed by atoms with van der Waals surface area (Å²) >= 11 is 12.3. The van der Waals surface area contributed by atoms with Crippen LogP contribution >= 0.6 is 23.2 Å². The van der Waals surface area contributed by atoms with E-state index in [4.69, 9.17) is 23.2 Å². The molecule has 0 spiro atoms. The number of rotatable bonds is 6. The summed E-state index contributed by atoms with van der Waals surface area (Å²) in [5, 5.41) is 5.31. The fraction of sp³-hybridized carbons (Fsp3) is 0.167. The smallest absolute Gasteiger partial charge is 0.224 e. The fourth-order valence-corrected chi connectivity index (χ4v) is 3.92. The Morgan fingerprint density at radius 3 is 2.67 bits per heavy atom. The molecule has 2 aromatic heterocycles. The number of carbonyl (C=O) groups is 1. The molecule has 4 aromatic rings. The van der Waals surface area contributed by atoms with Crippen molar-refractivity contribution in [1.29, 1.82) is 0 Å². The molecule has 0 fully saturated rings. The van der Waals surface area contributed by atoms with Crippen LogP contribution in [-0.2, 0) is 11.2 Å². The largest absolute Gasteiger partial charge is 0.353 e. The van der Waals surface area contributed by atoms with Crippen LogP contribution in [0.3, 0.4) is 0 Å². The first-order valence-electron chi connectivity index (χ1n) is 9.79. The fourth-order valence-electron chi connectivity index (χ4n) is 3.58. The van der Waals surface area contributed by atoms with E-state index < -0.39 is 0 Å². The topological polar surface area (TPSA) is 57.8 Å². The Bertz CT molecular complexity index is 1200. The maximum atomic E-state index is 12.5. The number of aromatic amines is 1. The van der Waals surface area contributed by atoms with Gasteiger partial charge in [0.15, 0.2) is 0 Å². The highest BCUT2D eigenvalue weighted by atomic mass is 35.5. The lowest BCUT2D eigenvalue weighted by molar-refractivity contribution is -0.116. The van der Waals surface area contributed by atoms with E-state index in [-0.39, 0.29) is 5.91 Å². The van der Waals surface area contributed by atoms with Gasteiger partial charge in [-0.25, -0.2) is 0 Å².